The van der Waals surface area contributed by atoms with Gasteiger partial charge in [0.25, 0.3) is 11.8 Å². The van der Waals surface area contributed by atoms with Gasteiger partial charge in [-0.25, -0.2) is 9.97 Å². The zero-order valence-electron chi connectivity index (χ0n) is 14.7. The van der Waals surface area contributed by atoms with Gasteiger partial charge in [-0.1, -0.05) is 29.8 Å². The fourth-order valence-corrected chi connectivity index (χ4v) is 3.06. The second-order valence-corrected chi connectivity index (χ2v) is 6.53. The second-order valence-electron chi connectivity index (χ2n) is 6.12. The van der Waals surface area contributed by atoms with Gasteiger partial charge in [0.15, 0.2) is 5.69 Å². The minimum absolute atomic E-state index is 0.0729. The van der Waals surface area contributed by atoms with E-state index in [4.69, 9.17) is 17.3 Å². The molecule has 0 spiro atoms. The van der Waals surface area contributed by atoms with E-state index in [0.717, 1.165) is 5.52 Å². The number of primary amides is 1. The van der Waals surface area contributed by atoms with Crippen molar-refractivity contribution in [3.05, 3.63) is 70.8 Å². The van der Waals surface area contributed by atoms with Crippen LogP contribution in [0.1, 0.15) is 26.5 Å². The zero-order valence-corrected chi connectivity index (χ0v) is 15.5. The van der Waals surface area contributed by atoms with Crippen LogP contribution in [0.15, 0.2) is 48.8 Å². The molecule has 0 fully saturated rings. The number of para-hydroxylation sites is 2. The van der Waals surface area contributed by atoms with Crippen molar-refractivity contribution in [3.8, 4) is 5.95 Å². The molecule has 2 aromatic carbocycles. The third-order valence-electron chi connectivity index (χ3n) is 4.34. The van der Waals surface area contributed by atoms with Crippen molar-refractivity contribution in [3.63, 3.8) is 0 Å². The minimum atomic E-state index is -0.800. The number of fused-ring (bicyclic) bond motifs is 1. The summed E-state index contributed by atoms with van der Waals surface area (Å²) in [6.07, 6.45) is 1.33. The normalized spacial score (nSPS) is 10.9. The summed E-state index contributed by atoms with van der Waals surface area (Å²) in [5.74, 6) is -1.04. The van der Waals surface area contributed by atoms with E-state index in [0.29, 0.717) is 27.7 Å². The summed E-state index contributed by atoms with van der Waals surface area (Å²) >= 11 is 6.09. The lowest BCUT2D eigenvalue weighted by molar-refractivity contribution is 0.0970. The van der Waals surface area contributed by atoms with Crippen molar-refractivity contribution >= 4 is 40.1 Å². The van der Waals surface area contributed by atoms with E-state index in [1.807, 2.05) is 24.3 Å². The SMILES string of the molecule is Cc1c(Cl)cccc1NC(=O)c1ncn(-c2nc3ccccc3[nH]2)c1C(N)=O. The number of hydrogen-bond acceptors (Lipinski definition) is 4. The molecular formula is C19H15ClN6O2. The number of rotatable bonds is 4. The quantitative estimate of drug-likeness (QED) is 0.492. The van der Waals surface area contributed by atoms with Crippen molar-refractivity contribution in [2.75, 3.05) is 5.32 Å². The molecule has 4 rings (SSSR count). The molecule has 0 bridgehead atoms. The largest absolute Gasteiger partial charge is 0.364 e. The molecule has 4 aromatic rings. The average Bonchev–Trinajstić information content (AvgIpc) is 3.29. The molecule has 2 amide bonds. The van der Waals surface area contributed by atoms with Crippen LogP contribution in [0.5, 0.6) is 0 Å². The fraction of sp³-hybridized carbons (Fsp3) is 0.0526. The Morgan fingerprint density at radius 3 is 2.71 bits per heavy atom. The van der Waals surface area contributed by atoms with Crippen LogP contribution in [0.2, 0.25) is 5.02 Å². The van der Waals surface area contributed by atoms with Crippen molar-refractivity contribution in [2.24, 2.45) is 5.73 Å². The van der Waals surface area contributed by atoms with E-state index >= 15 is 0 Å². The number of aromatic amines is 1. The highest BCUT2D eigenvalue weighted by Gasteiger charge is 2.24. The summed E-state index contributed by atoms with van der Waals surface area (Å²) in [6, 6.07) is 12.5. The number of H-pyrrole nitrogens is 1. The Balaban J connectivity index is 1.75. The van der Waals surface area contributed by atoms with Gasteiger partial charge in [-0.2, -0.15) is 0 Å². The van der Waals surface area contributed by atoms with E-state index in [1.54, 1.807) is 25.1 Å². The third kappa shape index (κ3) is 2.99. The molecule has 0 saturated heterocycles. The molecule has 8 nitrogen and oxygen atoms in total. The predicted molar refractivity (Wildman–Crippen MR) is 106 cm³/mol. The van der Waals surface area contributed by atoms with E-state index in [1.165, 1.54) is 10.9 Å². The second kappa shape index (κ2) is 6.82. The zero-order chi connectivity index (χ0) is 19.8. The minimum Gasteiger partial charge on any atom is -0.364 e. The van der Waals surface area contributed by atoms with Gasteiger partial charge in [-0.3, -0.25) is 14.2 Å². The van der Waals surface area contributed by atoms with Gasteiger partial charge in [0.1, 0.15) is 12.0 Å². The average molecular weight is 395 g/mol. The number of carbonyl (C=O) groups excluding carboxylic acids is 2. The fourth-order valence-electron chi connectivity index (χ4n) is 2.89. The topological polar surface area (TPSA) is 119 Å². The third-order valence-corrected chi connectivity index (χ3v) is 4.75. The number of nitrogens with two attached hydrogens (primary N) is 1. The number of imidazole rings is 2. The lowest BCUT2D eigenvalue weighted by Gasteiger charge is -2.09. The molecule has 0 saturated carbocycles. The Hall–Kier alpha value is -3.65. The Morgan fingerprint density at radius 2 is 1.96 bits per heavy atom. The molecule has 140 valence electrons. The highest BCUT2D eigenvalue weighted by molar-refractivity contribution is 6.31. The van der Waals surface area contributed by atoms with Gasteiger partial charge in [0.2, 0.25) is 5.95 Å². The first-order valence-corrected chi connectivity index (χ1v) is 8.72. The molecule has 0 aliphatic carbocycles. The molecule has 0 aliphatic heterocycles. The number of anilines is 1. The standard InChI is InChI=1S/C19H15ClN6O2/c1-10-11(20)5-4-8-12(10)23-18(28)15-16(17(21)27)26(9-22-15)19-24-13-6-2-3-7-14(13)25-19/h2-9H,1H3,(H2,21,27)(H,23,28)(H,24,25). The monoisotopic (exact) mass is 394 g/mol. The van der Waals surface area contributed by atoms with Crippen LogP contribution in [0, 0.1) is 6.92 Å². The van der Waals surface area contributed by atoms with Crippen LogP contribution < -0.4 is 11.1 Å². The molecule has 2 aromatic heterocycles. The summed E-state index contributed by atoms with van der Waals surface area (Å²) in [5, 5.41) is 3.23. The highest BCUT2D eigenvalue weighted by Crippen LogP contribution is 2.24. The Bertz CT molecular complexity index is 1190. The Labute approximate surface area is 164 Å². The molecule has 0 unspecified atom stereocenters. The number of nitrogens with zero attached hydrogens (tertiary/aromatic N) is 3. The van der Waals surface area contributed by atoms with Gasteiger partial charge < -0.3 is 16.0 Å². The van der Waals surface area contributed by atoms with Crippen LogP contribution in [-0.4, -0.2) is 31.3 Å². The summed E-state index contributed by atoms with van der Waals surface area (Å²) in [7, 11) is 0. The molecule has 0 aliphatic rings. The van der Waals surface area contributed by atoms with Crippen molar-refractivity contribution in [1.82, 2.24) is 19.5 Å². The first-order chi connectivity index (χ1) is 13.5. The molecule has 28 heavy (non-hydrogen) atoms. The van der Waals surface area contributed by atoms with Crippen LogP contribution in [-0.2, 0) is 0 Å². The molecule has 9 heteroatoms. The maximum atomic E-state index is 12.8. The number of carbonyl (C=O) groups is 2. The molecule has 0 radical (unpaired) electrons. The molecular weight excluding hydrogens is 380 g/mol. The van der Waals surface area contributed by atoms with Gasteiger partial charge >= 0.3 is 0 Å². The number of halogens is 1. The lowest BCUT2D eigenvalue weighted by Crippen LogP contribution is -2.23. The maximum absolute atomic E-state index is 12.8. The summed E-state index contributed by atoms with van der Waals surface area (Å²) in [4.78, 5) is 36.4. The van der Waals surface area contributed by atoms with Crippen LogP contribution in [0.25, 0.3) is 17.0 Å². The smallest absolute Gasteiger partial charge is 0.276 e. The Morgan fingerprint density at radius 1 is 1.18 bits per heavy atom. The predicted octanol–water partition coefficient (Wildman–Crippen LogP) is 3.06. The van der Waals surface area contributed by atoms with Crippen LogP contribution in [0.4, 0.5) is 5.69 Å². The van der Waals surface area contributed by atoms with Gasteiger partial charge in [0, 0.05) is 10.7 Å². The summed E-state index contributed by atoms with van der Waals surface area (Å²) in [5.41, 5.74) is 8.07. The first kappa shape index (κ1) is 17.7. The first-order valence-electron chi connectivity index (χ1n) is 8.34. The van der Waals surface area contributed by atoms with E-state index in [9.17, 15) is 9.59 Å². The van der Waals surface area contributed by atoms with E-state index in [2.05, 4.69) is 20.3 Å². The summed E-state index contributed by atoms with van der Waals surface area (Å²) < 4.78 is 1.36. The number of aromatic nitrogens is 4. The molecule has 4 N–H and O–H groups in total. The van der Waals surface area contributed by atoms with Gasteiger partial charge in [-0.15, -0.1) is 0 Å². The summed E-state index contributed by atoms with van der Waals surface area (Å²) in [6.45, 7) is 1.78. The van der Waals surface area contributed by atoms with Gasteiger partial charge in [0.05, 0.1) is 11.0 Å². The number of amides is 2. The van der Waals surface area contributed by atoms with Crippen LogP contribution in [0.3, 0.4) is 0 Å². The highest BCUT2D eigenvalue weighted by atomic mass is 35.5. The molecule has 0 atom stereocenters. The number of nitrogens with one attached hydrogen (secondary N) is 2. The maximum Gasteiger partial charge on any atom is 0.276 e. The lowest BCUT2D eigenvalue weighted by atomic mass is 10.2. The molecule has 2 heterocycles. The van der Waals surface area contributed by atoms with Crippen molar-refractivity contribution in [1.29, 1.82) is 0 Å². The number of benzene rings is 2. The van der Waals surface area contributed by atoms with Crippen LogP contribution >= 0.6 is 11.6 Å². The van der Waals surface area contributed by atoms with Crippen molar-refractivity contribution < 1.29 is 9.59 Å². The van der Waals surface area contributed by atoms with E-state index < -0.39 is 11.8 Å². The Kier molecular flexibility index (Phi) is 4.32. The number of hydrogen-bond donors (Lipinski definition) is 3. The van der Waals surface area contributed by atoms with Gasteiger partial charge in [-0.05, 0) is 36.8 Å². The van der Waals surface area contributed by atoms with E-state index in [-0.39, 0.29) is 11.4 Å². The van der Waals surface area contributed by atoms with Crippen molar-refractivity contribution in [2.45, 2.75) is 6.92 Å².